The number of rotatable bonds is 2. The van der Waals surface area contributed by atoms with Gasteiger partial charge in [0.15, 0.2) is 5.60 Å². The van der Waals surface area contributed by atoms with E-state index in [2.05, 4.69) is 10.6 Å². The van der Waals surface area contributed by atoms with Gasteiger partial charge in [-0.1, -0.05) is 30.4 Å². The molecular formula is C11H12N2O2S2. The number of amides is 1. The van der Waals surface area contributed by atoms with E-state index in [4.69, 9.17) is 12.2 Å². The molecule has 3 N–H and O–H groups in total. The summed E-state index contributed by atoms with van der Waals surface area (Å²) in [5.74, 6) is -0.421. The van der Waals surface area contributed by atoms with Gasteiger partial charge in [0.25, 0.3) is 5.91 Å². The molecule has 0 aromatic heterocycles. The predicted molar refractivity (Wildman–Crippen MR) is 73.1 cm³/mol. The molecule has 0 radical (unpaired) electrons. The average Bonchev–Trinajstić information content (AvgIpc) is 2.60. The first kappa shape index (κ1) is 12.3. The van der Waals surface area contributed by atoms with Gasteiger partial charge in [0.2, 0.25) is 0 Å². The molecule has 1 amide bonds. The third kappa shape index (κ3) is 2.15. The van der Waals surface area contributed by atoms with Crippen molar-refractivity contribution in [3.63, 3.8) is 0 Å². The van der Waals surface area contributed by atoms with Crippen LogP contribution in [0.15, 0.2) is 24.3 Å². The molecule has 1 aliphatic heterocycles. The lowest BCUT2D eigenvalue weighted by atomic mass is 9.95. The lowest BCUT2D eigenvalue weighted by molar-refractivity contribution is -0.132. The van der Waals surface area contributed by atoms with E-state index < -0.39 is 11.5 Å². The molecule has 0 bridgehead atoms. The number of thioether (sulfide) groups is 1. The SMILES string of the molecule is CSC(=S)NC[C@]1(O)C(=O)Nc2ccccc21. The smallest absolute Gasteiger partial charge is 0.262 e. The molecular weight excluding hydrogens is 256 g/mol. The third-order valence-corrected chi connectivity index (χ3v) is 3.83. The Morgan fingerprint density at radius 1 is 1.59 bits per heavy atom. The molecule has 4 nitrogen and oxygen atoms in total. The van der Waals surface area contributed by atoms with Crippen LogP contribution in [0.1, 0.15) is 5.56 Å². The minimum Gasteiger partial charge on any atom is -0.374 e. The third-order valence-electron chi connectivity index (χ3n) is 2.67. The van der Waals surface area contributed by atoms with Gasteiger partial charge in [0.1, 0.15) is 4.32 Å². The molecule has 1 atom stereocenters. The molecule has 2 rings (SSSR count). The van der Waals surface area contributed by atoms with E-state index in [0.29, 0.717) is 15.6 Å². The number of hydrogen-bond donors (Lipinski definition) is 3. The van der Waals surface area contributed by atoms with Crippen molar-refractivity contribution in [3.8, 4) is 0 Å². The number of fused-ring (bicyclic) bond motifs is 1. The first-order valence-corrected chi connectivity index (χ1v) is 6.66. The van der Waals surface area contributed by atoms with Gasteiger partial charge >= 0.3 is 0 Å². The summed E-state index contributed by atoms with van der Waals surface area (Å²) in [6.07, 6.45) is 1.84. The van der Waals surface area contributed by atoms with Crippen molar-refractivity contribution in [1.29, 1.82) is 0 Å². The van der Waals surface area contributed by atoms with Crippen LogP contribution in [0.2, 0.25) is 0 Å². The van der Waals surface area contributed by atoms with Gasteiger partial charge in [-0.2, -0.15) is 0 Å². The minimum absolute atomic E-state index is 0.0789. The van der Waals surface area contributed by atoms with Crippen LogP contribution in [-0.4, -0.2) is 28.1 Å². The van der Waals surface area contributed by atoms with Gasteiger partial charge in [-0.3, -0.25) is 4.79 Å². The Kier molecular flexibility index (Phi) is 3.37. The van der Waals surface area contributed by atoms with Crippen molar-refractivity contribution >= 4 is 39.9 Å². The zero-order chi connectivity index (χ0) is 12.5. The Morgan fingerprint density at radius 3 is 3.00 bits per heavy atom. The van der Waals surface area contributed by atoms with Crippen LogP contribution in [0.3, 0.4) is 0 Å². The largest absolute Gasteiger partial charge is 0.374 e. The maximum Gasteiger partial charge on any atom is 0.262 e. The maximum absolute atomic E-state index is 11.8. The summed E-state index contributed by atoms with van der Waals surface area (Å²) in [6, 6.07) is 7.09. The molecule has 0 saturated carbocycles. The van der Waals surface area contributed by atoms with Crippen LogP contribution >= 0.6 is 24.0 Å². The second-order valence-electron chi connectivity index (χ2n) is 3.71. The normalized spacial score (nSPS) is 21.9. The summed E-state index contributed by atoms with van der Waals surface area (Å²) < 4.78 is 0.551. The summed E-state index contributed by atoms with van der Waals surface area (Å²) in [6.45, 7) is 0.0789. The summed E-state index contributed by atoms with van der Waals surface area (Å²) in [7, 11) is 0. The molecule has 1 aliphatic rings. The summed E-state index contributed by atoms with van der Waals surface area (Å²) in [5.41, 5.74) is -0.311. The first-order valence-electron chi connectivity index (χ1n) is 5.03. The Bertz CT molecular complexity index is 478. The Balaban J connectivity index is 2.24. The summed E-state index contributed by atoms with van der Waals surface area (Å²) in [4.78, 5) is 11.8. The zero-order valence-corrected chi connectivity index (χ0v) is 10.8. The van der Waals surface area contributed by atoms with Crippen molar-refractivity contribution < 1.29 is 9.90 Å². The number of aliphatic hydroxyl groups is 1. The Morgan fingerprint density at radius 2 is 2.29 bits per heavy atom. The van der Waals surface area contributed by atoms with Gasteiger partial charge in [-0.05, 0) is 12.3 Å². The van der Waals surface area contributed by atoms with Gasteiger partial charge in [0, 0.05) is 11.3 Å². The van der Waals surface area contributed by atoms with Crippen molar-refractivity contribution in [2.24, 2.45) is 0 Å². The van der Waals surface area contributed by atoms with Crippen molar-refractivity contribution in [2.45, 2.75) is 5.60 Å². The van der Waals surface area contributed by atoms with Crippen LogP contribution < -0.4 is 10.6 Å². The first-order chi connectivity index (χ1) is 8.08. The van der Waals surface area contributed by atoms with Crippen LogP contribution in [-0.2, 0) is 10.4 Å². The molecule has 1 aromatic rings. The van der Waals surface area contributed by atoms with Crippen molar-refractivity contribution in [2.75, 3.05) is 18.1 Å². The van der Waals surface area contributed by atoms with E-state index in [9.17, 15) is 9.90 Å². The fourth-order valence-electron chi connectivity index (χ4n) is 1.75. The Labute approximate surface area is 109 Å². The topological polar surface area (TPSA) is 61.4 Å². The second kappa shape index (κ2) is 4.64. The Hall–Kier alpha value is -1.11. The van der Waals surface area contributed by atoms with Crippen molar-refractivity contribution in [1.82, 2.24) is 5.32 Å². The maximum atomic E-state index is 11.8. The van der Waals surface area contributed by atoms with Crippen molar-refractivity contribution in [3.05, 3.63) is 29.8 Å². The number of carbonyl (C=O) groups is 1. The highest BCUT2D eigenvalue weighted by Gasteiger charge is 2.44. The van der Waals surface area contributed by atoms with E-state index in [1.807, 2.05) is 12.3 Å². The molecule has 0 aliphatic carbocycles. The van der Waals surface area contributed by atoms with E-state index in [0.717, 1.165) is 0 Å². The van der Waals surface area contributed by atoms with Crippen LogP contribution in [0, 0.1) is 0 Å². The number of hydrogen-bond acceptors (Lipinski definition) is 4. The zero-order valence-electron chi connectivity index (χ0n) is 9.19. The fraction of sp³-hybridized carbons (Fsp3) is 0.273. The number of carbonyl (C=O) groups excluding carboxylic acids is 1. The van der Waals surface area contributed by atoms with Crippen LogP contribution in [0.4, 0.5) is 5.69 Å². The molecule has 0 fully saturated rings. The molecule has 6 heteroatoms. The van der Waals surface area contributed by atoms with Gasteiger partial charge in [-0.25, -0.2) is 0 Å². The van der Waals surface area contributed by atoms with Crippen LogP contribution in [0.5, 0.6) is 0 Å². The van der Waals surface area contributed by atoms with E-state index >= 15 is 0 Å². The quantitative estimate of drug-likeness (QED) is 0.700. The minimum atomic E-state index is -1.55. The number of para-hydroxylation sites is 1. The van der Waals surface area contributed by atoms with Gasteiger partial charge < -0.3 is 15.7 Å². The van der Waals surface area contributed by atoms with E-state index in [1.165, 1.54) is 11.8 Å². The number of thiocarbonyl (C=S) groups is 1. The lowest BCUT2D eigenvalue weighted by Crippen LogP contribution is -2.44. The molecule has 1 heterocycles. The molecule has 0 spiro atoms. The highest BCUT2D eigenvalue weighted by molar-refractivity contribution is 8.22. The van der Waals surface area contributed by atoms with Gasteiger partial charge in [0.05, 0.1) is 6.54 Å². The number of nitrogens with one attached hydrogen (secondary N) is 2. The van der Waals surface area contributed by atoms with Crippen LogP contribution in [0.25, 0.3) is 0 Å². The molecule has 17 heavy (non-hydrogen) atoms. The highest BCUT2D eigenvalue weighted by atomic mass is 32.2. The summed E-state index contributed by atoms with van der Waals surface area (Å²) >= 11 is 6.35. The molecule has 0 saturated heterocycles. The molecule has 1 aromatic carbocycles. The number of anilines is 1. The lowest BCUT2D eigenvalue weighted by Gasteiger charge is -2.21. The molecule has 90 valence electrons. The predicted octanol–water partition coefficient (Wildman–Crippen LogP) is 1.06. The van der Waals surface area contributed by atoms with Gasteiger partial charge in [-0.15, -0.1) is 11.8 Å². The monoisotopic (exact) mass is 268 g/mol. The van der Waals surface area contributed by atoms with E-state index in [-0.39, 0.29) is 6.54 Å². The highest BCUT2D eigenvalue weighted by Crippen LogP contribution is 2.35. The summed E-state index contributed by atoms with van der Waals surface area (Å²) in [5, 5.41) is 15.9. The molecule has 0 unspecified atom stereocenters. The standard InChI is InChI=1S/C11H12N2O2S2/c1-17-10(16)12-6-11(15)7-4-2-3-5-8(7)13-9(11)14/h2-5,15H,6H2,1H3,(H,12,16)(H,13,14)/t11-/m1/s1. The van der Waals surface area contributed by atoms with E-state index in [1.54, 1.807) is 18.2 Å². The number of benzene rings is 1. The average molecular weight is 268 g/mol. The fourth-order valence-corrected chi connectivity index (χ4v) is 2.04. The second-order valence-corrected chi connectivity index (χ2v) is 5.19.